The minimum atomic E-state index is -0.198. The maximum absolute atomic E-state index is 9.63. The van der Waals surface area contributed by atoms with Gasteiger partial charge in [-0.05, 0) is 57.8 Å². The number of piperidine rings is 1. The van der Waals surface area contributed by atoms with Crippen LogP contribution < -0.4 is 5.32 Å². The monoisotopic (exact) mass is 297 g/mol. The summed E-state index contributed by atoms with van der Waals surface area (Å²) in [5.74, 6) is 1.31. The van der Waals surface area contributed by atoms with Crippen LogP contribution >= 0.6 is 11.6 Å². The lowest BCUT2D eigenvalue weighted by atomic mass is 9.92. The molecule has 20 heavy (non-hydrogen) atoms. The van der Waals surface area contributed by atoms with Gasteiger partial charge in [0.1, 0.15) is 5.82 Å². The van der Waals surface area contributed by atoms with Gasteiger partial charge in [-0.1, -0.05) is 11.6 Å². The molecule has 0 saturated carbocycles. The van der Waals surface area contributed by atoms with Crippen molar-refractivity contribution in [2.75, 3.05) is 25.0 Å². The molecule has 4 nitrogen and oxygen atoms in total. The van der Waals surface area contributed by atoms with Gasteiger partial charge in [0.25, 0.3) is 0 Å². The van der Waals surface area contributed by atoms with E-state index in [2.05, 4.69) is 22.1 Å². The molecule has 0 spiro atoms. The molecule has 1 aliphatic heterocycles. The van der Waals surface area contributed by atoms with E-state index in [1.807, 2.05) is 19.1 Å². The molecule has 5 heteroatoms. The molecule has 1 saturated heterocycles. The van der Waals surface area contributed by atoms with Gasteiger partial charge in [0, 0.05) is 13.1 Å². The fourth-order valence-corrected chi connectivity index (χ4v) is 2.85. The summed E-state index contributed by atoms with van der Waals surface area (Å²) < 4.78 is 0. The molecule has 112 valence electrons. The summed E-state index contributed by atoms with van der Waals surface area (Å²) in [5, 5.41) is 13.6. The standard InChI is InChI=1S/C15H24ClN3O/c1-3-17-15-5-4-13(16)14(18-15)10-19-8-6-12(7-9-19)11(2)20/h4-5,11-12,20H,3,6-10H2,1-2H3,(H,17,18). The molecule has 2 rings (SSSR count). The second-order valence-corrected chi connectivity index (χ2v) is 5.92. The van der Waals surface area contributed by atoms with Crippen molar-refractivity contribution in [3.05, 3.63) is 22.8 Å². The topological polar surface area (TPSA) is 48.4 Å². The van der Waals surface area contributed by atoms with Crippen molar-refractivity contribution < 1.29 is 5.11 Å². The van der Waals surface area contributed by atoms with Crippen LogP contribution in [-0.2, 0) is 6.54 Å². The zero-order valence-corrected chi connectivity index (χ0v) is 13.0. The quantitative estimate of drug-likeness (QED) is 0.877. The summed E-state index contributed by atoms with van der Waals surface area (Å²) in [4.78, 5) is 6.94. The van der Waals surface area contributed by atoms with Gasteiger partial charge >= 0.3 is 0 Å². The van der Waals surface area contributed by atoms with Crippen molar-refractivity contribution >= 4 is 17.4 Å². The van der Waals surface area contributed by atoms with E-state index in [4.69, 9.17) is 11.6 Å². The molecule has 0 aromatic carbocycles. The molecule has 1 aromatic rings. The van der Waals surface area contributed by atoms with Gasteiger partial charge in [0.2, 0.25) is 0 Å². The minimum absolute atomic E-state index is 0.198. The van der Waals surface area contributed by atoms with Gasteiger partial charge in [-0.15, -0.1) is 0 Å². The number of nitrogens with zero attached hydrogens (tertiary/aromatic N) is 2. The Morgan fingerprint density at radius 1 is 1.45 bits per heavy atom. The van der Waals surface area contributed by atoms with Crippen molar-refractivity contribution in [3.8, 4) is 0 Å². The van der Waals surface area contributed by atoms with Crippen LogP contribution in [0.25, 0.3) is 0 Å². The van der Waals surface area contributed by atoms with E-state index in [1.54, 1.807) is 0 Å². The Morgan fingerprint density at radius 2 is 2.15 bits per heavy atom. The van der Waals surface area contributed by atoms with Gasteiger partial charge in [0.05, 0.1) is 16.8 Å². The van der Waals surface area contributed by atoms with Crippen LogP contribution in [0.15, 0.2) is 12.1 Å². The van der Waals surface area contributed by atoms with E-state index in [1.165, 1.54) is 0 Å². The van der Waals surface area contributed by atoms with Crippen molar-refractivity contribution in [1.29, 1.82) is 0 Å². The number of aliphatic hydroxyl groups excluding tert-OH is 1. The summed E-state index contributed by atoms with van der Waals surface area (Å²) in [6.07, 6.45) is 1.89. The van der Waals surface area contributed by atoms with Gasteiger partial charge in [-0.25, -0.2) is 4.98 Å². The number of nitrogens with one attached hydrogen (secondary N) is 1. The van der Waals surface area contributed by atoms with E-state index in [9.17, 15) is 5.11 Å². The molecule has 1 aliphatic rings. The van der Waals surface area contributed by atoms with Crippen molar-refractivity contribution in [3.63, 3.8) is 0 Å². The maximum Gasteiger partial charge on any atom is 0.126 e. The lowest BCUT2D eigenvalue weighted by molar-refractivity contribution is 0.0692. The van der Waals surface area contributed by atoms with Crippen LogP contribution in [0, 0.1) is 5.92 Å². The van der Waals surface area contributed by atoms with E-state index in [0.717, 1.165) is 55.6 Å². The zero-order valence-electron chi connectivity index (χ0n) is 12.3. The number of anilines is 1. The Labute approximate surface area is 126 Å². The van der Waals surface area contributed by atoms with Gasteiger partial charge < -0.3 is 10.4 Å². The molecular formula is C15H24ClN3O. The molecule has 1 fully saturated rings. The summed E-state index contributed by atoms with van der Waals surface area (Å²) in [6.45, 7) is 7.58. The second-order valence-electron chi connectivity index (χ2n) is 5.51. The number of aliphatic hydroxyl groups is 1. The third-order valence-corrected chi connectivity index (χ3v) is 4.31. The predicted molar refractivity (Wildman–Crippen MR) is 83.1 cm³/mol. The summed E-state index contributed by atoms with van der Waals surface area (Å²) in [6, 6.07) is 3.82. The van der Waals surface area contributed by atoms with Crippen molar-refractivity contribution in [1.82, 2.24) is 9.88 Å². The molecule has 0 bridgehead atoms. The highest BCUT2D eigenvalue weighted by molar-refractivity contribution is 6.31. The molecule has 1 aromatic heterocycles. The Bertz CT molecular complexity index is 431. The lowest BCUT2D eigenvalue weighted by Gasteiger charge is -2.33. The van der Waals surface area contributed by atoms with Crippen LogP contribution in [0.3, 0.4) is 0 Å². The Kier molecular flexibility index (Phi) is 5.64. The first-order valence-electron chi connectivity index (χ1n) is 7.40. The van der Waals surface area contributed by atoms with Gasteiger partial charge in [-0.3, -0.25) is 4.90 Å². The third-order valence-electron chi connectivity index (χ3n) is 3.96. The third kappa shape index (κ3) is 4.08. The Morgan fingerprint density at radius 3 is 2.75 bits per heavy atom. The summed E-state index contributed by atoms with van der Waals surface area (Å²) in [7, 11) is 0. The number of hydrogen-bond acceptors (Lipinski definition) is 4. The van der Waals surface area contributed by atoms with Crippen LogP contribution in [0.5, 0.6) is 0 Å². The highest BCUT2D eigenvalue weighted by atomic mass is 35.5. The fourth-order valence-electron chi connectivity index (χ4n) is 2.68. The maximum atomic E-state index is 9.63. The number of rotatable bonds is 5. The van der Waals surface area contributed by atoms with Gasteiger partial charge in [-0.2, -0.15) is 0 Å². The summed E-state index contributed by atoms with van der Waals surface area (Å²) >= 11 is 6.24. The normalized spacial score (nSPS) is 19.0. The largest absolute Gasteiger partial charge is 0.393 e. The smallest absolute Gasteiger partial charge is 0.126 e. The average Bonchev–Trinajstić information content (AvgIpc) is 2.43. The molecule has 2 heterocycles. The number of halogens is 1. The molecule has 0 radical (unpaired) electrons. The first kappa shape index (κ1) is 15.5. The first-order valence-corrected chi connectivity index (χ1v) is 7.77. The van der Waals surface area contributed by atoms with Crippen LogP contribution in [-0.4, -0.2) is 40.7 Å². The van der Waals surface area contributed by atoms with Gasteiger partial charge in [0.15, 0.2) is 0 Å². The first-order chi connectivity index (χ1) is 9.60. The number of hydrogen-bond donors (Lipinski definition) is 2. The Hall–Kier alpha value is -0.840. The van der Waals surface area contributed by atoms with Crippen molar-refractivity contribution in [2.24, 2.45) is 5.92 Å². The average molecular weight is 298 g/mol. The highest BCUT2D eigenvalue weighted by Crippen LogP contribution is 2.24. The van der Waals surface area contributed by atoms with E-state index >= 15 is 0 Å². The molecule has 0 amide bonds. The number of aromatic nitrogens is 1. The molecular weight excluding hydrogens is 274 g/mol. The van der Waals surface area contributed by atoms with E-state index in [0.29, 0.717) is 5.92 Å². The highest BCUT2D eigenvalue weighted by Gasteiger charge is 2.23. The number of pyridine rings is 1. The van der Waals surface area contributed by atoms with Crippen LogP contribution in [0.2, 0.25) is 5.02 Å². The van der Waals surface area contributed by atoms with Crippen molar-refractivity contribution in [2.45, 2.75) is 39.3 Å². The van der Waals surface area contributed by atoms with E-state index in [-0.39, 0.29) is 6.10 Å². The lowest BCUT2D eigenvalue weighted by Crippen LogP contribution is -2.36. The SMILES string of the molecule is CCNc1ccc(Cl)c(CN2CCC(C(C)O)CC2)n1. The summed E-state index contributed by atoms with van der Waals surface area (Å²) in [5.41, 5.74) is 0.931. The fraction of sp³-hybridized carbons (Fsp3) is 0.667. The second kappa shape index (κ2) is 7.25. The van der Waals surface area contributed by atoms with Crippen LogP contribution in [0.4, 0.5) is 5.82 Å². The molecule has 2 N–H and O–H groups in total. The minimum Gasteiger partial charge on any atom is -0.393 e. The molecule has 0 aliphatic carbocycles. The van der Waals surface area contributed by atoms with Crippen LogP contribution in [0.1, 0.15) is 32.4 Å². The predicted octanol–water partition coefficient (Wildman–Crippen LogP) is 2.76. The number of likely N-dealkylation sites (tertiary alicyclic amines) is 1. The molecule has 1 atom stereocenters. The van der Waals surface area contributed by atoms with E-state index < -0.39 is 0 Å². The Balaban J connectivity index is 1.95. The molecule has 1 unspecified atom stereocenters. The zero-order chi connectivity index (χ0) is 14.5.